The highest BCUT2D eigenvalue weighted by molar-refractivity contribution is 6.31. The van der Waals surface area contributed by atoms with Crippen molar-refractivity contribution in [2.24, 2.45) is 0 Å². The van der Waals surface area contributed by atoms with Crippen molar-refractivity contribution in [1.82, 2.24) is 15.1 Å². The summed E-state index contributed by atoms with van der Waals surface area (Å²) in [5.41, 5.74) is 2.66. The molecule has 0 aliphatic carbocycles. The fourth-order valence-corrected chi connectivity index (χ4v) is 4.39. The number of aromatic amines is 1. The highest BCUT2D eigenvalue weighted by Crippen LogP contribution is 2.46. The van der Waals surface area contributed by atoms with Gasteiger partial charge in [0.15, 0.2) is 11.5 Å². The average molecular weight is 486 g/mol. The number of hydrogen-bond donors (Lipinski definition) is 3. The Hall–Kier alpha value is -3.23. The molecule has 2 heterocycles. The Morgan fingerprint density at radius 2 is 2.00 bits per heavy atom. The Labute approximate surface area is 203 Å². The third-order valence-electron chi connectivity index (χ3n) is 5.89. The average Bonchev–Trinajstić information content (AvgIpc) is 3.38. The predicted molar refractivity (Wildman–Crippen MR) is 129 cm³/mol. The van der Waals surface area contributed by atoms with Crippen LogP contribution in [-0.4, -0.2) is 58.1 Å². The van der Waals surface area contributed by atoms with Crippen molar-refractivity contribution in [3.8, 4) is 28.5 Å². The van der Waals surface area contributed by atoms with Crippen LogP contribution in [0.1, 0.15) is 53.8 Å². The van der Waals surface area contributed by atoms with Gasteiger partial charge in [0.1, 0.15) is 17.1 Å². The number of ether oxygens (including phenoxy) is 2. The Morgan fingerprint density at radius 3 is 2.74 bits per heavy atom. The number of aliphatic hydroxyl groups excluding tert-OH is 1. The van der Waals surface area contributed by atoms with Gasteiger partial charge >= 0.3 is 0 Å². The number of phenols is 1. The molecule has 1 amide bonds. The van der Waals surface area contributed by atoms with Crippen molar-refractivity contribution in [1.29, 1.82) is 0 Å². The molecule has 180 valence electrons. The second-order valence-electron chi connectivity index (χ2n) is 8.11. The Bertz CT molecular complexity index is 1180. The number of nitrogens with one attached hydrogen (secondary N) is 1. The zero-order valence-electron chi connectivity index (χ0n) is 19.2. The number of carbonyl (C=O) groups excluding carboxylic acids is 1. The number of halogens is 1. The number of aromatic nitrogens is 2. The van der Waals surface area contributed by atoms with Gasteiger partial charge in [-0.15, -0.1) is 0 Å². The Kier molecular flexibility index (Phi) is 7.29. The Balaban J connectivity index is 1.82. The minimum atomic E-state index is -0.500. The number of aliphatic hydroxyl groups is 1. The summed E-state index contributed by atoms with van der Waals surface area (Å²) in [6.45, 7) is 2.99. The van der Waals surface area contributed by atoms with Crippen LogP contribution in [0.2, 0.25) is 5.02 Å². The third-order valence-corrected chi connectivity index (χ3v) is 6.13. The molecule has 0 radical (unpaired) electrons. The summed E-state index contributed by atoms with van der Waals surface area (Å²) >= 11 is 6.19. The lowest BCUT2D eigenvalue weighted by molar-refractivity contribution is 0.0732. The zero-order chi connectivity index (χ0) is 24.2. The molecule has 1 aliphatic heterocycles. The number of rotatable bonds is 10. The summed E-state index contributed by atoms with van der Waals surface area (Å²) in [6, 6.07) is 9.81. The van der Waals surface area contributed by atoms with E-state index in [0.29, 0.717) is 58.6 Å². The van der Waals surface area contributed by atoms with E-state index < -0.39 is 6.04 Å². The maximum absolute atomic E-state index is 13.3. The van der Waals surface area contributed by atoms with Crippen LogP contribution in [0.15, 0.2) is 36.4 Å². The molecule has 1 unspecified atom stereocenters. The number of benzene rings is 2. The molecule has 4 rings (SSSR count). The molecule has 1 aliphatic rings. The number of hydrogen-bond acceptors (Lipinski definition) is 6. The van der Waals surface area contributed by atoms with E-state index in [9.17, 15) is 15.0 Å². The second kappa shape index (κ2) is 10.4. The lowest BCUT2D eigenvalue weighted by atomic mass is 9.95. The van der Waals surface area contributed by atoms with Gasteiger partial charge in [0.25, 0.3) is 5.91 Å². The number of H-pyrrole nitrogens is 1. The molecule has 1 aromatic heterocycles. The van der Waals surface area contributed by atoms with Crippen molar-refractivity contribution in [3.63, 3.8) is 0 Å². The number of nitrogens with zero attached hydrogens (tertiary/aromatic N) is 2. The van der Waals surface area contributed by atoms with Gasteiger partial charge in [-0.25, -0.2) is 0 Å². The number of methoxy groups -OCH3 is 1. The second-order valence-corrected chi connectivity index (χ2v) is 8.55. The minimum Gasteiger partial charge on any atom is -0.507 e. The molecule has 9 heteroatoms. The van der Waals surface area contributed by atoms with Crippen molar-refractivity contribution in [3.05, 3.63) is 58.2 Å². The van der Waals surface area contributed by atoms with Crippen molar-refractivity contribution in [2.75, 3.05) is 26.9 Å². The van der Waals surface area contributed by atoms with E-state index in [1.54, 1.807) is 24.1 Å². The van der Waals surface area contributed by atoms with Crippen LogP contribution >= 0.6 is 11.6 Å². The Morgan fingerprint density at radius 1 is 1.18 bits per heavy atom. The fraction of sp³-hybridized carbons (Fsp3) is 0.360. The topological polar surface area (TPSA) is 108 Å². The number of phenolic OH excluding ortho intramolecular Hbond substituents is 1. The highest BCUT2D eigenvalue weighted by atomic mass is 35.5. The quantitative estimate of drug-likeness (QED) is 0.363. The molecule has 34 heavy (non-hydrogen) atoms. The first kappa shape index (κ1) is 23.9. The van der Waals surface area contributed by atoms with Crippen LogP contribution in [0.3, 0.4) is 0 Å². The van der Waals surface area contributed by atoms with E-state index in [0.717, 1.165) is 18.4 Å². The summed E-state index contributed by atoms with van der Waals surface area (Å²) in [4.78, 5) is 15.0. The molecular formula is C25H28ClN3O5. The van der Waals surface area contributed by atoms with Gasteiger partial charge in [0, 0.05) is 29.3 Å². The van der Waals surface area contributed by atoms with E-state index in [-0.39, 0.29) is 18.3 Å². The maximum atomic E-state index is 13.3. The first-order chi connectivity index (χ1) is 16.5. The zero-order valence-corrected chi connectivity index (χ0v) is 19.9. The van der Waals surface area contributed by atoms with Crippen LogP contribution < -0.4 is 9.47 Å². The first-order valence-electron chi connectivity index (χ1n) is 11.3. The first-order valence-corrected chi connectivity index (χ1v) is 11.7. The molecule has 0 spiro atoms. The molecule has 3 aromatic rings. The van der Waals surface area contributed by atoms with Gasteiger partial charge < -0.3 is 24.6 Å². The smallest absolute Gasteiger partial charge is 0.273 e. The standard InChI is InChI=1S/C25H28ClN3O5/c1-3-4-12-34-19-9-6-15(13-20(19)33-2)24-21-22(17-14-16(26)7-8-18(17)31)27-28-23(21)25(32)29(24)10-5-11-30/h6-9,13-14,24,30-31H,3-5,10-12H2,1-2H3,(H,27,28). The number of carbonyl (C=O) groups is 1. The van der Waals surface area contributed by atoms with E-state index in [1.807, 2.05) is 18.2 Å². The van der Waals surface area contributed by atoms with Gasteiger partial charge in [0.05, 0.1) is 19.8 Å². The van der Waals surface area contributed by atoms with Crippen molar-refractivity contribution < 1.29 is 24.5 Å². The molecule has 0 saturated heterocycles. The van der Waals surface area contributed by atoms with Crippen LogP contribution in [0, 0.1) is 0 Å². The van der Waals surface area contributed by atoms with E-state index in [4.69, 9.17) is 21.1 Å². The number of fused-ring (bicyclic) bond motifs is 1. The maximum Gasteiger partial charge on any atom is 0.273 e. The van der Waals surface area contributed by atoms with Crippen molar-refractivity contribution >= 4 is 17.5 Å². The van der Waals surface area contributed by atoms with E-state index in [2.05, 4.69) is 17.1 Å². The molecular weight excluding hydrogens is 458 g/mol. The summed E-state index contributed by atoms with van der Waals surface area (Å²) in [6.07, 6.45) is 2.38. The van der Waals surface area contributed by atoms with E-state index in [1.165, 1.54) is 6.07 Å². The molecule has 0 fully saturated rings. The van der Waals surface area contributed by atoms with Gasteiger partial charge in [-0.05, 0) is 48.7 Å². The van der Waals surface area contributed by atoms with E-state index >= 15 is 0 Å². The van der Waals surface area contributed by atoms with Gasteiger partial charge in [0.2, 0.25) is 0 Å². The summed E-state index contributed by atoms with van der Waals surface area (Å²) in [5.74, 6) is 0.977. The summed E-state index contributed by atoms with van der Waals surface area (Å²) in [5, 5.41) is 27.6. The number of unbranched alkanes of at least 4 members (excludes halogenated alkanes) is 1. The fourth-order valence-electron chi connectivity index (χ4n) is 4.22. The normalized spacial score (nSPS) is 15.0. The third kappa shape index (κ3) is 4.43. The monoisotopic (exact) mass is 485 g/mol. The van der Waals surface area contributed by atoms with Gasteiger partial charge in [-0.3, -0.25) is 9.89 Å². The summed E-state index contributed by atoms with van der Waals surface area (Å²) in [7, 11) is 1.58. The molecule has 2 aromatic carbocycles. The molecule has 3 N–H and O–H groups in total. The minimum absolute atomic E-state index is 0.0101. The van der Waals surface area contributed by atoms with Crippen LogP contribution in [0.25, 0.3) is 11.3 Å². The number of aromatic hydroxyl groups is 1. The molecule has 1 atom stereocenters. The van der Waals surface area contributed by atoms with Crippen LogP contribution in [0.4, 0.5) is 0 Å². The SMILES string of the molecule is CCCCOc1ccc(C2c3c(-c4cc(Cl)ccc4O)n[nH]c3C(=O)N2CCCO)cc1OC. The lowest BCUT2D eigenvalue weighted by Gasteiger charge is -2.27. The molecule has 8 nitrogen and oxygen atoms in total. The largest absolute Gasteiger partial charge is 0.507 e. The highest BCUT2D eigenvalue weighted by Gasteiger charge is 2.42. The van der Waals surface area contributed by atoms with Gasteiger partial charge in [-0.1, -0.05) is 31.0 Å². The number of amides is 1. The van der Waals surface area contributed by atoms with Crippen LogP contribution in [0.5, 0.6) is 17.2 Å². The lowest BCUT2D eigenvalue weighted by Crippen LogP contribution is -2.31. The predicted octanol–water partition coefficient (Wildman–Crippen LogP) is 4.55. The molecule has 0 bridgehead atoms. The van der Waals surface area contributed by atoms with Crippen LogP contribution in [-0.2, 0) is 0 Å². The summed E-state index contributed by atoms with van der Waals surface area (Å²) < 4.78 is 11.5. The van der Waals surface area contributed by atoms with Gasteiger partial charge in [-0.2, -0.15) is 5.10 Å². The van der Waals surface area contributed by atoms with Crippen molar-refractivity contribution in [2.45, 2.75) is 32.2 Å². The molecule has 0 saturated carbocycles.